The van der Waals surface area contributed by atoms with Crippen molar-refractivity contribution in [1.82, 2.24) is 0 Å². The molecule has 0 radical (unpaired) electrons. The lowest BCUT2D eigenvalue weighted by atomic mass is 10.1. The highest BCUT2D eigenvalue weighted by Crippen LogP contribution is 2.52. The van der Waals surface area contributed by atoms with Crippen molar-refractivity contribution in [1.29, 1.82) is 0 Å². The van der Waals surface area contributed by atoms with E-state index in [0.717, 1.165) is 70.9 Å². The van der Waals surface area contributed by atoms with Crippen molar-refractivity contribution >= 4 is 133 Å². The molecule has 0 saturated heterocycles. The zero-order valence-corrected chi connectivity index (χ0v) is 80.3. The molecule has 0 unspecified atom stereocenters. The first-order chi connectivity index (χ1) is 62.2. The van der Waals surface area contributed by atoms with Crippen LogP contribution in [-0.2, 0) is 139 Å². The van der Waals surface area contributed by atoms with Crippen LogP contribution in [0, 0.1) is 12.7 Å². The standard InChI is InChI=1S/C21H19O4S3.C20H14F3O2S2.C20H17O4S3.C19H15O4S3.C18H12FO2S2/c1-15(2)27(22,23)17-13-11-16(12-14-17)26-18-7-3-5-9-20(18)28(24,25)21-10-6-4-8-19(21)26;1-13-10-14(20(21,22)23)12-15(11-13)26-16-6-2-4-8-18(16)27(24,25)19-9-5-3-7-17(19)26;1-2-26(21,22)16-13-11-15(12-14-16)25-17-7-3-5-9-19(17)27(23,24)20-10-6-4-8-18(20)25;1-25(20,21)15-12-10-14(11-13-15)24-16-6-2-4-8-18(16)26(22,23)19-9-5-3-7-17(19)24;19-13-6-5-7-14(12-13)22-15-8-1-3-10-17(15)23(20,21)18-11-4-2-9-16(18)22/h3-15H,1-2H3;2-12H,1H3;3-14H,2H2,1H3;2-13H,1H3;1-12H/q5*+1. The molecule has 33 heteroatoms. The molecule has 131 heavy (non-hydrogen) atoms. The molecule has 0 fully saturated rings. The Morgan fingerprint density at radius 2 is 0.519 bits per heavy atom. The zero-order chi connectivity index (χ0) is 93.3. The topological polar surface area (TPSA) is 273 Å². The number of benzene rings is 15. The van der Waals surface area contributed by atoms with Crippen LogP contribution in [0.4, 0.5) is 17.6 Å². The van der Waals surface area contributed by atoms with Gasteiger partial charge in [0, 0.05) is 18.4 Å². The molecule has 5 heterocycles. The van der Waals surface area contributed by atoms with Crippen molar-refractivity contribution in [3.63, 3.8) is 0 Å². The second-order valence-electron chi connectivity index (χ2n) is 30.2. The van der Waals surface area contributed by atoms with Crippen molar-refractivity contribution < 1.29 is 84.9 Å². The molecule has 15 aromatic rings. The molecule has 5 aliphatic rings. The fourth-order valence-electron chi connectivity index (χ4n) is 15.3. The van der Waals surface area contributed by atoms with Gasteiger partial charge in [-0.2, -0.15) is 13.2 Å². The van der Waals surface area contributed by atoms with Gasteiger partial charge in [-0.1, -0.05) is 134 Å². The summed E-state index contributed by atoms with van der Waals surface area (Å²) in [7, 11) is -31.3. The lowest BCUT2D eigenvalue weighted by Crippen LogP contribution is -2.20. The summed E-state index contributed by atoms with van der Waals surface area (Å²) in [4.78, 5) is 14.4. The Morgan fingerprint density at radius 1 is 0.282 bits per heavy atom. The molecule has 5 aliphatic heterocycles. The SMILES string of the molecule is CC(C)S(=O)(=O)c1ccc([S+]2c3ccccc3S(=O)(=O)c3ccccc32)cc1.CCS(=O)(=O)c1ccc([S+]2c3ccccc3S(=O)(=O)c3ccccc32)cc1.CS(=O)(=O)c1ccc([S+]2c3ccccc3S(=O)(=O)c3ccccc32)cc1.Cc1cc([S+]2c3ccccc3S(=O)(=O)c3ccccc32)cc(C(F)(F)F)c1.O=S1(=O)c2ccccc2[S+](c2cccc(F)c2)c2ccccc21. The van der Waals surface area contributed by atoms with Crippen LogP contribution in [0.15, 0.2) is 495 Å². The Morgan fingerprint density at radius 3 is 0.756 bits per heavy atom. The number of fused-ring (bicyclic) bond motifs is 10. The van der Waals surface area contributed by atoms with E-state index in [1.165, 1.54) is 30.5 Å². The van der Waals surface area contributed by atoms with Crippen LogP contribution in [0.3, 0.4) is 0 Å². The van der Waals surface area contributed by atoms with Crippen LogP contribution < -0.4 is 0 Å². The van der Waals surface area contributed by atoms with Gasteiger partial charge in [-0.3, -0.25) is 0 Å². The van der Waals surface area contributed by atoms with Gasteiger partial charge >= 0.3 is 6.18 Å². The first-order valence-corrected chi connectivity index (χ1v) is 58.6. The van der Waals surface area contributed by atoms with Gasteiger partial charge in [-0.05, 0) is 245 Å². The second kappa shape index (κ2) is 36.4. The summed E-state index contributed by atoms with van der Waals surface area (Å²) in [5.41, 5.74) is -0.246. The van der Waals surface area contributed by atoms with Crippen molar-refractivity contribution in [2.75, 3.05) is 12.0 Å². The fourth-order valence-corrected chi connectivity index (χ4v) is 41.5. The van der Waals surface area contributed by atoms with Gasteiger partial charge in [0.2, 0.25) is 49.2 Å². The number of hydrogen-bond acceptors (Lipinski definition) is 16. The molecule has 0 atom stereocenters. The fraction of sp³-hybridized carbons (Fsp3) is 0.0816. The third kappa shape index (κ3) is 17.8. The Balaban J connectivity index is 0.000000120. The Hall–Kier alpha value is -10.6. The van der Waals surface area contributed by atoms with E-state index in [2.05, 4.69) is 0 Å². The van der Waals surface area contributed by atoms with Crippen molar-refractivity contribution in [3.05, 3.63) is 375 Å². The molecule has 666 valence electrons. The van der Waals surface area contributed by atoms with Crippen LogP contribution in [-0.4, -0.2) is 84.6 Å². The van der Waals surface area contributed by atoms with Crippen molar-refractivity contribution in [3.8, 4) is 0 Å². The van der Waals surface area contributed by atoms with E-state index in [9.17, 15) is 84.9 Å². The molecule has 0 aliphatic carbocycles. The second-order valence-corrected chi connectivity index (χ2v) is 56.2. The number of rotatable bonds is 10. The van der Waals surface area contributed by atoms with Gasteiger partial charge in [-0.25, -0.2) is 71.7 Å². The summed E-state index contributed by atoms with van der Waals surface area (Å²) in [5, 5.41) is -0.498. The molecule has 0 spiro atoms. The molecule has 15 aromatic carbocycles. The number of alkyl halides is 3. The minimum atomic E-state index is -4.47. The minimum absolute atomic E-state index is 0.0436. The molecule has 20 rings (SSSR count). The summed E-state index contributed by atoms with van der Waals surface area (Å²) in [6.07, 6.45) is -3.30. The molecular formula is C98H77F4O16S13+5. The van der Waals surface area contributed by atoms with Crippen molar-refractivity contribution in [2.24, 2.45) is 0 Å². The normalized spacial score (nSPS) is 15.8. The van der Waals surface area contributed by atoms with Crippen LogP contribution in [0.1, 0.15) is 31.9 Å². The molecule has 0 N–H and O–H groups in total. The Bertz CT molecular complexity index is 7800. The number of aryl methyl sites for hydroxylation is 1. The van der Waals surface area contributed by atoms with Crippen LogP contribution in [0.2, 0.25) is 0 Å². The maximum absolute atomic E-state index is 13.7. The van der Waals surface area contributed by atoms with Crippen LogP contribution in [0.25, 0.3) is 0 Å². The van der Waals surface area contributed by atoms with E-state index in [0.29, 0.717) is 59.4 Å². The average molecular weight is 2000 g/mol. The maximum Gasteiger partial charge on any atom is 0.416 e. The lowest BCUT2D eigenvalue weighted by molar-refractivity contribution is -0.137. The largest absolute Gasteiger partial charge is 0.416 e. The van der Waals surface area contributed by atoms with Gasteiger partial charge in [0.25, 0.3) is 0 Å². The maximum atomic E-state index is 13.7. The third-order valence-corrected chi connectivity index (χ3v) is 48.8. The summed E-state index contributed by atoms with van der Waals surface area (Å²) in [6.45, 7) is 6.54. The predicted octanol–water partition coefficient (Wildman–Crippen LogP) is 20.5. The molecular weight excluding hydrogens is 1930 g/mol. The summed E-state index contributed by atoms with van der Waals surface area (Å²) in [6, 6.07) is 99.8. The quantitative estimate of drug-likeness (QED) is 0.0909. The zero-order valence-electron chi connectivity index (χ0n) is 69.7. The highest BCUT2D eigenvalue weighted by molar-refractivity contribution is 8.03. The van der Waals surface area contributed by atoms with Crippen LogP contribution in [0.5, 0.6) is 0 Å². The molecule has 0 amide bonds. The summed E-state index contributed by atoms with van der Waals surface area (Å²) < 4.78 is 256. The Labute approximate surface area is 773 Å². The smallest absolute Gasteiger partial charge is 0.224 e. The van der Waals surface area contributed by atoms with Gasteiger partial charge in [0.1, 0.15) is 109 Å². The van der Waals surface area contributed by atoms with Gasteiger partial charge in [0.15, 0.2) is 103 Å². The summed E-state index contributed by atoms with van der Waals surface area (Å²) in [5.74, 6) is -0.277. The number of hydrogen-bond donors (Lipinski definition) is 0. The monoisotopic (exact) mass is 2000 g/mol. The minimum Gasteiger partial charge on any atom is -0.224 e. The molecule has 0 aromatic heterocycles. The average Bonchev–Trinajstić information content (AvgIpc) is 0.750. The van der Waals surface area contributed by atoms with Gasteiger partial charge in [0.05, 0.1) is 31.3 Å². The van der Waals surface area contributed by atoms with Gasteiger partial charge < -0.3 is 0 Å². The van der Waals surface area contributed by atoms with E-state index in [4.69, 9.17) is 0 Å². The van der Waals surface area contributed by atoms with Crippen molar-refractivity contribution in [2.45, 2.75) is 176 Å². The van der Waals surface area contributed by atoms with E-state index < -0.39 is 150 Å². The summed E-state index contributed by atoms with van der Waals surface area (Å²) >= 11 is 0. The van der Waals surface area contributed by atoms with E-state index in [1.54, 1.807) is 246 Å². The van der Waals surface area contributed by atoms with E-state index in [-0.39, 0.29) is 36.0 Å². The Kier molecular flexibility index (Phi) is 26.0. The molecule has 0 saturated carbocycles. The molecule has 16 nitrogen and oxygen atoms in total. The number of sulfone groups is 8. The molecule has 0 bridgehead atoms. The first kappa shape index (κ1) is 93.6. The third-order valence-electron chi connectivity index (χ3n) is 21.5. The van der Waals surface area contributed by atoms with Gasteiger partial charge in [-0.15, -0.1) is 0 Å². The highest BCUT2D eigenvalue weighted by atomic mass is 32.2. The van der Waals surface area contributed by atoms with Crippen LogP contribution >= 0.6 is 0 Å². The van der Waals surface area contributed by atoms with E-state index >= 15 is 0 Å². The predicted molar refractivity (Wildman–Crippen MR) is 498 cm³/mol. The highest BCUT2D eigenvalue weighted by Gasteiger charge is 2.51. The number of halogens is 4. The first-order valence-electron chi connectivity index (χ1n) is 40.0. The van der Waals surface area contributed by atoms with E-state index in [1.807, 2.05) is 103 Å². The lowest BCUT2D eigenvalue weighted by Gasteiger charge is -2.20.